The van der Waals surface area contributed by atoms with Gasteiger partial charge in [0.05, 0.1) is 4.87 Å². The van der Waals surface area contributed by atoms with Crippen molar-refractivity contribution in [1.82, 2.24) is 4.90 Å². The molecule has 1 aromatic rings. The molecule has 2 saturated heterocycles. The molecule has 23 heavy (non-hydrogen) atoms. The highest BCUT2D eigenvalue weighted by Crippen LogP contribution is 2.47. The van der Waals surface area contributed by atoms with Crippen LogP contribution in [0.5, 0.6) is 0 Å². The van der Waals surface area contributed by atoms with Crippen LogP contribution in [-0.4, -0.2) is 33.4 Å². The van der Waals surface area contributed by atoms with Crippen molar-refractivity contribution in [2.75, 3.05) is 11.1 Å². The Labute approximate surface area is 142 Å². The van der Waals surface area contributed by atoms with Gasteiger partial charge in [-0.05, 0) is 30.4 Å². The molecule has 3 rings (SSSR count). The Morgan fingerprint density at radius 1 is 1.35 bits per heavy atom. The van der Waals surface area contributed by atoms with E-state index in [0.717, 1.165) is 17.7 Å². The summed E-state index contributed by atoms with van der Waals surface area (Å²) in [5, 5.41) is 3.06. The summed E-state index contributed by atoms with van der Waals surface area (Å²) in [6, 6.07) is 7.53. The summed E-state index contributed by atoms with van der Waals surface area (Å²) in [6.45, 7) is 8.46. The maximum Gasteiger partial charge on any atom is 0.248 e. The smallest absolute Gasteiger partial charge is 0.248 e. The van der Waals surface area contributed by atoms with E-state index in [1.165, 1.54) is 0 Å². The van der Waals surface area contributed by atoms with Gasteiger partial charge < -0.3 is 10.2 Å². The third-order valence-electron chi connectivity index (χ3n) is 4.74. The van der Waals surface area contributed by atoms with Gasteiger partial charge in [-0.15, -0.1) is 11.8 Å². The lowest BCUT2D eigenvalue weighted by Crippen LogP contribution is -2.48. The zero-order chi connectivity index (χ0) is 16.8. The van der Waals surface area contributed by atoms with Gasteiger partial charge in [-0.2, -0.15) is 0 Å². The molecule has 124 valence electrons. The lowest BCUT2D eigenvalue weighted by atomic mass is 9.86. The number of anilines is 1. The Hall–Kier alpha value is -1.49. The van der Waals surface area contributed by atoms with E-state index in [0.29, 0.717) is 12.2 Å². The third-order valence-corrected chi connectivity index (χ3v) is 6.25. The highest BCUT2D eigenvalue weighted by molar-refractivity contribution is 8.01. The summed E-state index contributed by atoms with van der Waals surface area (Å²) in [4.78, 5) is 26.6. The van der Waals surface area contributed by atoms with Crippen molar-refractivity contribution in [3.8, 4) is 0 Å². The predicted octanol–water partition coefficient (Wildman–Crippen LogP) is 3.38. The van der Waals surface area contributed by atoms with Crippen LogP contribution < -0.4 is 5.32 Å². The Morgan fingerprint density at radius 3 is 2.74 bits per heavy atom. The highest BCUT2D eigenvalue weighted by atomic mass is 32.2. The van der Waals surface area contributed by atoms with E-state index in [1.807, 2.05) is 24.3 Å². The quantitative estimate of drug-likeness (QED) is 0.903. The zero-order valence-electron chi connectivity index (χ0n) is 14.2. The molecule has 2 aliphatic heterocycles. The Bertz CT molecular complexity index is 653. The van der Waals surface area contributed by atoms with Crippen LogP contribution in [0.15, 0.2) is 24.3 Å². The monoisotopic (exact) mass is 332 g/mol. The number of amides is 2. The zero-order valence-corrected chi connectivity index (χ0v) is 15.0. The van der Waals surface area contributed by atoms with Crippen LogP contribution in [0, 0.1) is 0 Å². The van der Waals surface area contributed by atoms with Crippen LogP contribution >= 0.6 is 11.8 Å². The second-order valence-electron chi connectivity index (χ2n) is 7.55. The third kappa shape index (κ3) is 2.87. The standard InChI is InChI=1S/C18H24N2O2S/c1-17(2,3)12-7-5-6-8-13(12)19-16(22)14-11-23-18(4)10-9-15(21)20(14)18/h5-8,14H,9-11H2,1-4H3,(H,19,22)/t14-,18+/m1/s1. The van der Waals surface area contributed by atoms with E-state index in [4.69, 9.17) is 0 Å². The normalized spacial score (nSPS) is 27.2. The number of hydrogen-bond acceptors (Lipinski definition) is 3. The Morgan fingerprint density at radius 2 is 2.04 bits per heavy atom. The van der Waals surface area contributed by atoms with Gasteiger partial charge in [0.15, 0.2) is 0 Å². The largest absolute Gasteiger partial charge is 0.324 e. The molecule has 0 bridgehead atoms. The summed E-state index contributed by atoms with van der Waals surface area (Å²) in [5.41, 5.74) is 1.90. The number of nitrogens with zero attached hydrogens (tertiary/aromatic N) is 1. The van der Waals surface area contributed by atoms with Crippen LogP contribution in [-0.2, 0) is 15.0 Å². The molecule has 0 saturated carbocycles. The van der Waals surface area contributed by atoms with E-state index in [2.05, 4.69) is 33.0 Å². The second-order valence-corrected chi connectivity index (χ2v) is 9.05. The van der Waals surface area contributed by atoms with Crippen molar-refractivity contribution in [2.45, 2.75) is 56.9 Å². The first kappa shape index (κ1) is 16.4. The number of benzene rings is 1. The van der Waals surface area contributed by atoms with Gasteiger partial charge in [-0.25, -0.2) is 0 Å². The fourth-order valence-electron chi connectivity index (χ4n) is 3.48. The van der Waals surface area contributed by atoms with Crippen LogP contribution in [0.3, 0.4) is 0 Å². The number of fused-ring (bicyclic) bond motifs is 1. The van der Waals surface area contributed by atoms with Gasteiger partial charge in [0.25, 0.3) is 0 Å². The SMILES string of the molecule is CC(C)(C)c1ccccc1NC(=O)[C@H]1CS[C@@]2(C)CCC(=O)N12. The number of para-hydroxylation sites is 1. The van der Waals surface area contributed by atoms with Gasteiger partial charge in [0, 0.05) is 17.9 Å². The van der Waals surface area contributed by atoms with Crippen molar-refractivity contribution >= 4 is 29.3 Å². The minimum absolute atomic E-state index is 0.0493. The lowest BCUT2D eigenvalue weighted by molar-refractivity contribution is -0.135. The van der Waals surface area contributed by atoms with Crippen molar-refractivity contribution in [1.29, 1.82) is 0 Å². The summed E-state index contributed by atoms with van der Waals surface area (Å²) in [6.07, 6.45) is 1.38. The fraction of sp³-hybridized carbons (Fsp3) is 0.556. The van der Waals surface area contributed by atoms with Crippen molar-refractivity contribution in [3.05, 3.63) is 29.8 Å². The summed E-state index contributed by atoms with van der Waals surface area (Å²) in [7, 11) is 0. The Balaban J connectivity index is 1.83. The lowest BCUT2D eigenvalue weighted by Gasteiger charge is -2.30. The number of thioether (sulfide) groups is 1. The molecule has 2 heterocycles. The van der Waals surface area contributed by atoms with Gasteiger partial charge >= 0.3 is 0 Å². The first-order chi connectivity index (χ1) is 10.7. The fourth-order valence-corrected chi connectivity index (χ4v) is 4.91. The van der Waals surface area contributed by atoms with E-state index < -0.39 is 0 Å². The van der Waals surface area contributed by atoms with Crippen LogP contribution in [0.4, 0.5) is 5.69 Å². The van der Waals surface area contributed by atoms with Gasteiger partial charge in [0.2, 0.25) is 11.8 Å². The first-order valence-corrected chi connectivity index (χ1v) is 9.07. The number of carbonyl (C=O) groups excluding carboxylic acids is 2. The van der Waals surface area contributed by atoms with Crippen LogP contribution in [0.2, 0.25) is 0 Å². The molecule has 2 aliphatic rings. The average molecular weight is 332 g/mol. The maximum absolute atomic E-state index is 12.8. The summed E-state index contributed by atoms with van der Waals surface area (Å²) >= 11 is 1.72. The molecule has 0 spiro atoms. The number of hydrogen-bond donors (Lipinski definition) is 1. The Kier molecular flexibility index (Phi) is 3.95. The van der Waals surface area contributed by atoms with Gasteiger partial charge in [0.1, 0.15) is 6.04 Å². The number of carbonyl (C=O) groups is 2. The van der Waals surface area contributed by atoms with Crippen LogP contribution in [0.25, 0.3) is 0 Å². The average Bonchev–Trinajstić information content (AvgIpc) is 2.95. The van der Waals surface area contributed by atoms with E-state index >= 15 is 0 Å². The van der Waals surface area contributed by atoms with Gasteiger partial charge in [-0.3, -0.25) is 9.59 Å². The molecular formula is C18H24N2O2S. The number of rotatable bonds is 2. The van der Waals surface area contributed by atoms with E-state index in [-0.39, 0.29) is 28.1 Å². The summed E-state index contributed by atoms with van der Waals surface area (Å²) < 4.78 is 0. The highest BCUT2D eigenvalue weighted by Gasteiger charge is 2.52. The molecule has 0 unspecified atom stereocenters. The molecule has 0 aliphatic carbocycles. The molecule has 1 N–H and O–H groups in total. The van der Waals surface area contributed by atoms with Crippen molar-refractivity contribution < 1.29 is 9.59 Å². The topological polar surface area (TPSA) is 49.4 Å². The van der Waals surface area contributed by atoms with E-state index in [9.17, 15) is 9.59 Å². The minimum Gasteiger partial charge on any atom is -0.324 e. The molecule has 0 aromatic heterocycles. The summed E-state index contributed by atoms with van der Waals surface area (Å²) in [5.74, 6) is 0.695. The second kappa shape index (κ2) is 5.55. The van der Waals surface area contributed by atoms with Gasteiger partial charge in [-0.1, -0.05) is 39.0 Å². The maximum atomic E-state index is 12.8. The predicted molar refractivity (Wildman–Crippen MR) is 94.5 cm³/mol. The molecule has 4 nitrogen and oxygen atoms in total. The minimum atomic E-state index is -0.368. The van der Waals surface area contributed by atoms with Crippen molar-refractivity contribution in [2.24, 2.45) is 0 Å². The molecule has 5 heteroatoms. The molecule has 1 aromatic carbocycles. The van der Waals surface area contributed by atoms with Crippen molar-refractivity contribution in [3.63, 3.8) is 0 Å². The molecule has 2 amide bonds. The first-order valence-electron chi connectivity index (χ1n) is 8.09. The molecule has 0 radical (unpaired) electrons. The van der Waals surface area contributed by atoms with Crippen LogP contribution in [0.1, 0.15) is 46.1 Å². The molecular weight excluding hydrogens is 308 g/mol. The molecule has 2 atom stereocenters. The molecule has 2 fully saturated rings. The number of nitrogens with one attached hydrogen (secondary N) is 1. The van der Waals surface area contributed by atoms with E-state index in [1.54, 1.807) is 16.7 Å².